The maximum absolute atomic E-state index is 8.74. The Morgan fingerprint density at radius 2 is 1.29 bits per heavy atom. The molecule has 0 aromatic rings. The van der Waals surface area contributed by atoms with E-state index in [1.54, 1.807) is 0 Å². The lowest BCUT2D eigenvalue weighted by molar-refractivity contribution is 0.381. The molecule has 0 atom stereocenters. The molecule has 0 saturated heterocycles. The van der Waals surface area contributed by atoms with Crippen molar-refractivity contribution in [1.29, 1.82) is 0 Å². The molecule has 0 aliphatic rings. The Morgan fingerprint density at radius 1 is 1.29 bits per heavy atom. The highest BCUT2D eigenvalue weighted by atomic mass is 35.6. The Hall–Kier alpha value is 0.692. The predicted octanol–water partition coefficient (Wildman–Crippen LogP) is -0.879. The molecule has 0 heterocycles. The summed E-state index contributed by atoms with van der Waals surface area (Å²) in [5.41, 5.74) is 0. The van der Waals surface area contributed by atoms with E-state index in [0.29, 0.717) is 0 Å². The molecule has 0 fully saturated rings. The average Bonchev–Trinajstić information content (AvgIpc) is 1.36. The summed E-state index contributed by atoms with van der Waals surface area (Å²) >= 11 is 0.778. The van der Waals surface area contributed by atoms with Gasteiger partial charge in [0.25, 0.3) is 0 Å². The van der Waals surface area contributed by atoms with E-state index in [9.17, 15) is 0 Å². The molecule has 0 amide bonds. The molecule has 0 saturated carbocycles. The molecule has 0 aromatic carbocycles. The quantitative estimate of drug-likeness (QED) is 0.358. The van der Waals surface area contributed by atoms with E-state index >= 15 is 0 Å². The van der Waals surface area contributed by atoms with E-state index in [2.05, 4.69) is 0 Å². The SMILES string of the molecule is O=S(=O)(O)O.[AlH2][Cl]. The molecule has 7 heavy (non-hydrogen) atoms. The molecule has 0 rings (SSSR count). The van der Waals surface area contributed by atoms with Crippen molar-refractivity contribution in [3.8, 4) is 0 Å². The van der Waals surface area contributed by atoms with Gasteiger partial charge in [0.2, 0.25) is 0 Å². The van der Waals surface area contributed by atoms with Crippen LogP contribution in [0.4, 0.5) is 0 Å². The summed E-state index contributed by atoms with van der Waals surface area (Å²) in [6, 6.07) is 0. The lowest BCUT2D eigenvalue weighted by Crippen LogP contribution is -1.89. The second-order valence-corrected chi connectivity index (χ2v) is 1.34. The minimum atomic E-state index is -4.67. The number of hydrogen-bond acceptors (Lipinski definition) is 2. The largest absolute Gasteiger partial charge is 0.394 e. The first-order valence-electron chi connectivity index (χ1n) is 1.08. The molecule has 0 aliphatic heterocycles. The van der Waals surface area contributed by atoms with E-state index < -0.39 is 10.4 Å². The fraction of sp³-hybridized carbons (Fsp3) is 0. The lowest BCUT2D eigenvalue weighted by Gasteiger charge is -1.68. The third-order valence-electron chi connectivity index (χ3n) is 0. The molecule has 44 valence electrons. The molecule has 0 radical (unpaired) electrons. The van der Waals surface area contributed by atoms with Gasteiger partial charge in [0.15, 0.2) is 0 Å². The van der Waals surface area contributed by atoms with Crippen molar-refractivity contribution in [2.75, 3.05) is 0 Å². The molecule has 2 N–H and O–H groups in total. The highest BCUT2D eigenvalue weighted by molar-refractivity contribution is 7.79. The molecular weight excluding hydrogens is 158 g/mol. The molecule has 0 aromatic heterocycles. The Kier molecular flexibility index (Phi) is 7.35. The van der Waals surface area contributed by atoms with Crippen molar-refractivity contribution in [2.24, 2.45) is 0 Å². The van der Waals surface area contributed by atoms with Gasteiger partial charge in [-0.3, -0.25) is 19.2 Å². The second kappa shape index (κ2) is 4.84. The standard InChI is InChI=1S/Al.ClH.H2O4S.2H/c;;1-5(2,3)4;;/h;1H;(H2,1,2,3,4);;/q+1;;;;/p-1. The first kappa shape index (κ1) is 10.6. The zero-order valence-corrected chi connectivity index (χ0v) is 7.07. The Bertz CT molecular complexity index is 94.9. The van der Waals surface area contributed by atoms with Crippen LogP contribution in [-0.4, -0.2) is 32.9 Å². The second-order valence-electron chi connectivity index (χ2n) is 0.448. The predicted molar refractivity (Wildman–Crippen MR) is 28.6 cm³/mol. The molecule has 0 spiro atoms. The monoisotopic (exact) mass is 162 g/mol. The topological polar surface area (TPSA) is 74.6 Å². The Morgan fingerprint density at radius 3 is 1.29 bits per heavy atom. The minimum Gasteiger partial charge on any atom is -0.273 e. The van der Waals surface area contributed by atoms with Gasteiger partial charge in [0.05, 0.1) is 0 Å². The van der Waals surface area contributed by atoms with Gasteiger partial charge in [-0.15, -0.1) is 0 Å². The summed E-state index contributed by atoms with van der Waals surface area (Å²) in [6.07, 6.45) is 0. The smallest absolute Gasteiger partial charge is 0.273 e. The third-order valence-corrected chi connectivity index (χ3v) is 0. The van der Waals surface area contributed by atoms with Crippen molar-refractivity contribution in [2.45, 2.75) is 0 Å². The molecule has 0 aliphatic carbocycles. The van der Waals surface area contributed by atoms with Gasteiger partial charge < -0.3 is 0 Å². The number of halogens is 1. The van der Waals surface area contributed by atoms with E-state index in [1.807, 2.05) is 0 Å². The molecule has 0 bridgehead atoms. The number of hydrogen-bond donors (Lipinski definition) is 2. The summed E-state index contributed by atoms with van der Waals surface area (Å²) in [5, 5.41) is 0. The van der Waals surface area contributed by atoms with Crippen LogP contribution in [-0.2, 0) is 10.4 Å². The van der Waals surface area contributed by atoms with Crippen LogP contribution in [0, 0.1) is 0 Å². The van der Waals surface area contributed by atoms with Crippen molar-refractivity contribution in [1.82, 2.24) is 0 Å². The Balaban J connectivity index is 0. The fourth-order valence-electron chi connectivity index (χ4n) is 0. The van der Waals surface area contributed by atoms with Gasteiger partial charge in [-0.2, -0.15) is 8.42 Å². The van der Waals surface area contributed by atoms with Crippen molar-refractivity contribution >= 4 is 35.8 Å². The molecular formula is H4AlClO4S. The van der Waals surface area contributed by atoms with Crippen LogP contribution in [0.5, 0.6) is 0 Å². The first-order chi connectivity index (χ1) is 3.00. The molecule has 7 heteroatoms. The molecule has 0 unspecified atom stereocenters. The van der Waals surface area contributed by atoms with Crippen LogP contribution in [0.3, 0.4) is 0 Å². The lowest BCUT2D eigenvalue weighted by atomic mass is 15.8. The van der Waals surface area contributed by atoms with E-state index in [4.69, 9.17) is 27.6 Å². The van der Waals surface area contributed by atoms with E-state index in [-0.39, 0.29) is 0 Å². The van der Waals surface area contributed by atoms with E-state index in [0.717, 1.165) is 15.4 Å². The summed E-state index contributed by atoms with van der Waals surface area (Å²) in [7, 11) is 0.111. The normalized spacial score (nSPS) is 9.00. The summed E-state index contributed by atoms with van der Waals surface area (Å²) in [5.74, 6) is 0. The number of rotatable bonds is 0. The van der Waals surface area contributed by atoms with Crippen molar-refractivity contribution < 1.29 is 17.5 Å². The minimum absolute atomic E-state index is 0.778. The van der Waals surface area contributed by atoms with Crippen LogP contribution in [0.2, 0.25) is 0 Å². The highest BCUT2D eigenvalue weighted by Gasteiger charge is 1.84. The highest BCUT2D eigenvalue weighted by Crippen LogP contribution is 1.59. The van der Waals surface area contributed by atoms with Crippen LogP contribution >= 0.6 is 10.0 Å². The maximum Gasteiger partial charge on any atom is 0.394 e. The van der Waals surface area contributed by atoms with Crippen molar-refractivity contribution in [3.63, 3.8) is 0 Å². The van der Waals surface area contributed by atoms with E-state index in [1.165, 1.54) is 0 Å². The zero-order valence-electron chi connectivity index (χ0n) is 3.50. The third kappa shape index (κ3) is 307. The summed E-state index contributed by atoms with van der Waals surface area (Å²) in [6.45, 7) is 0. The van der Waals surface area contributed by atoms with Gasteiger partial charge in [0, 0.05) is 0 Å². The summed E-state index contributed by atoms with van der Waals surface area (Å²) in [4.78, 5) is 0. The van der Waals surface area contributed by atoms with Gasteiger partial charge in [-0.05, 0) is 0 Å². The van der Waals surface area contributed by atoms with Crippen LogP contribution in [0.15, 0.2) is 0 Å². The Labute approximate surface area is 53.7 Å². The summed E-state index contributed by atoms with van der Waals surface area (Å²) < 4.78 is 31.6. The van der Waals surface area contributed by atoms with Gasteiger partial charge in [-0.1, -0.05) is 0 Å². The van der Waals surface area contributed by atoms with Crippen molar-refractivity contribution in [3.05, 3.63) is 0 Å². The van der Waals surface area contributed by atoms with Crippen LogP contribution in [0.1, 0.15) is 0 Å². The maximum atomic E-state index is 8.74. The molecule has 4 nitrogen and oxygen atoms in total. The van der Waals surface area contributed by atoms with Crippen LogP contribution < -0.4 is 0 Å². The zero-order chi connectivity index (χ0) is 6.50. The first-order valence-corrected chi connectivity index (χ1v) is 5.50. The fourth-order valence-corrected chi connectivity index (χ4v) is 0. The van der Waals surface area contributed by atoms with Gasteiger partial charge >= 0.3 is 25.8 Å². The van der Waals surface area contributed by atoms with Gasteiger partial charge in [-0.25, -0.2) is 0 Å². The van der Waals surface area contributed by atoms with Gasteiger partial charge in [0.1, 0.15) is 0 Å². The average molecular weight is 163 g/mol. The van der Waals surface area contributed by atoms with Crippen LogP contribution in [0.25, 0.3) is 0 Å².